The summed E-state index contributed by atoms with van der Waals surface area (Å²) < 4.78 is 0. The van der Waals surface area contributed by atoms with E-state index in [1.54, 1.807) is 12.1 Å². The fourth-order valence-electron chi connectivity index (χ4n) is 1.66. The summed E-state index contributed by atoms with van der Waals surface area (Å²) in [6.07, 6.45) is 2.18. The Morgan fingerprint density at radius 1 is 1.46 bits per heavy atom. The van der Waals surface area contributed by atoms with Crippen molar-refractivity contribution in [2.75, 3.05) is 6.61 Å². The van der Waals surface area contributed by atoms with E-state index in [1.165, 1.54) is 0 Å². The molecule has 3 nitrogen and oxygen atoms in total. The van der Waals surface area contributed by atoms with Gasteiger partial charge in [0.1, 0.15) is 5.75 Å². The van der Waals surface area contributed by atoms with E-state index in [-0.39, 0.29) is 5.41 Å². The van der Waals surface area contributed by atoms with Gasteiger partial charge in [0.2, 0.25) is 0 Å². The zero-order valence-electron chi connectivity index (χ0n) is 7.36. The minimum atomic E-state index is 0.0769. The third kappa shape index (κ3) is 1.53. The topological polar surface area (TPSA) is 55.5 Å². The summed E-state index contributed by atoms with van der Waals surface area (Å²) >= 11 is 0. The fraction of sp³-hybridized carbons (Fsp3) is 0.400. The number of aromatic hydroxyl groups is 1. The van der Waals surface area contributed by atoms with Crippen molar-refractivity contribution < 1.29 is 9.94 Å². The third-order valence-corrected chi connectivity index (χ3v) is 2.67. The first-order valence-electron chi connectivity index (χ1n) is 4.38. The van der Waals surface area contributed by atoms with Crippen LogP contribution in [0.4, 0.5) is 0 Å². The SMILES string of the molecule is NOCC1(c2cccc(O)c2)CC1. The zero-order chi connectivity index (χ0) is 9.31. The lowest BCUT2D eigenvalue weighted by Crippen LogP contribution is -2.17. The summed E-state index contributed by atoms with van der Waals surface area (Å²) in [7, 11) is 0. The minimum Gasteiger partial charge on any atom is -0.508 e. The van der Waals surface area contributed by atoms with E-state index in [2.05, 4.69) is 4.84 Å². The van der Waals surface area contributed by atoms with Crippen LogP contribution in [0.25, 0.3) is 0 Å². The van der Waals surface area contributed by atoms with Crippen molar-refractivity contribution >= 4 is 0 Å². The van der Waals surface area contributed by atoms with E-state index in [0.29, 0.717) is 12.4 Å². The number of hydrogen-bond acceptors (Lipinski definition) is 3. The van der Waals surface area contributed by atoms with Gasteiger partial charge in [0.25, 0.3) is 0 Å². The van der Waals surface area contributed by atoms with Gasteiger partial charge < -0.3 is 9.94 Å². The van der Waals surface area contributed by atoms with E-state index in [9.17, 15) is 5.11 Å². The van der Waals surface area contributed by atoms with E-state index in [4.69, 9.17) is 5.90 Å². The standard InChI is InChI=1S/C10H13NO2/c11-13-7-10(4-5-10)8-2-1-3-9(12)6-8/h1-3,6,12H,4-5,7,11H2. The van der Waals surface area contributed by atoms with Crippen LogP contribution in [-0.4, -0.2) is 11.7 Å². The molecule has 2 rings (SSSR count). The van der Waals surface area contributed by atoms with Crippen molar-refractivity contribution in [1.82, 2.24) is 0 Å². The number of phenols is 1. The molecule has 0 aromatic heterocycles. The molecule has 0 unspecified atom stereocenters. The Morgan fingerprint density at radius 3 is 2.77 bits per heavy atom. The van der Waals surface area contributed by atoms with Gasteiger partial charge >= 0.3 is 0 Å². The van der Waals surface area contributed by atoms with Crippen LogP contribution in [0.3, 0.4) is 0 Å². The van der Waals surface area contributed by atoms with Crippen molar-refractivity contribution in [3.8, 4) is 5.75 Å². The van der Waals surface area contributed by atoms with E-state index in [0.717, 1.165) is 18.4 Å². The molecule has 1 saturated carbocycles. The fourth-order valence-corrected chi connectivity index (χ4v) is 1.66. The predicted molar refractivity (Wildman–Crippen MR) is 49.2 cm³/mol. The first-order chi connectivity index (χ1) is 6.27. The van der Waals surface area contributed by atoms with Gasteiger partial charge in [0, 0.05) is 5.41 Å². The molecular formula is C10H13NO2. The number of nitrogens with two attached hydrogens (primary N) is 1. The van der Waals surface area contributed by atoms with Crippen LogP contribution >= 0.6 is 0 Å². The maximum atomic E-state index is 9.30. The molecule has 0 aliphatic heterocycles. The van der Waals surface area contributed by atoms with Crippen LogP contribution in [0.1, 0.15) is 18.4 Å². The normalized spacial score (nSPS) is 18.5. The molecule has 0 amide bonds. The molecule has 70 valence electrons. The molecule has 0 radical (unpaired) electrons. The Hall–Kier alpha value is -1.06. The van der Waals surface area contributed by atoms with E-state index >= 15 is 0 Å². The van der Waals surface area contributed by atoms with Gasteiger partial charge in [-0.3, -0.25) is 0 Å². The lowest BCUT2D eigenvalue weighted by Gasteiger charge is -2.13. The molecule has 0 spiro atoms. The molecular weight excluding hydrogens is 166 g/mol. The van der Waals surface area contributed by atoms with Gasteiger partial charge in [0.05, 0.1) is 6.61 Å². The average molecular weight is 179 g/mol. The quantitative estimate of drug-likeness (QED) is 0.688. The van der Waals surface area contributed by atoms with Crippen molar-refractivity contribution in [3.05, 3.63) is 29.8 Å². The van der Waals surface area contributed by atoms with Crippen LogP contribution in [-0.2, 0) is 10.3 Å². The molecule has 0 atom stereocenters. The first-order valence-corrected chi connectivity index (χ1v) is 4.38. The molecule has 3 heteroatoms. The average Bonchev–Trinajstić information content (AvgIpc) is 2.86. The maximum absolute atomic E-state index is 9.30. The van der Waals surface area contributed by atoms with E-state index in [1.807, 2.05) is 12.1 Å². The summed E-state index contributed by atoms with van der Waals surface area (Å²) in [5.41, 5.74) is 1.20. The molecule has 0 saturated heterocycles. The van der Waals surface area contributed by atoms with Gasteiger partial charge in [-0.15, -0.1) is 0 Å². The molecule has 0 heterocycles. The van der Waals surface area contributed by atoms with Gasteiger partial charge in [0.15, 0.2) is 0 Å². The van der Waals surface area contributed by atoms with Gasteiger partial charge in [-0.1, -0.05) is 12.1 Å². The minimum absolute atomic E-state index is 0.0769. The summed E-state index contributed by atoms with van der Waals surface area (Å²) in [5, 5.41) is 9.30. The largest absolute Gasteiger partial charge is 0.508 e. The van der Waals surface area contributed by atoms with Gasteiger partial charge in [-0.25, -0.2) is 5.90 Å². The van der Waals surface area contributed by atoms with Gasteiger partial charge in [-0.2, -0.15) is 0 Å². The highest BCUT2D eigenvalue weighted by atomic mass is 16.6. The van der Waals surface area contributed by atoms with Crippen molar-refractivity contribution in [1.29, 1.82) is 0 Å². The van der Waals surface area contributed by atoms with Crippen LogP contribution in [0.5, 0.6) is 5.75 Å². The first kappa shape index (κ1) is 8.53. The zero-order valence-corrected chi connectivity index (χ0v) is 7.36. The summed E-state index contributed by atoms with van der Waals surface area (Å²) in [6, 6.07) is 7.31. The number of benzene rings is 1. The number of rotatable bonds is 3. The second kappa shape index (κ2) is 3.01. The van der Waals surface area contributed by atoms with Gasteiger partial charge in [-0.05, 0) is 30.5 Å². The van der Waals surface area contributed by atoms with Crippen molar-refractivity contribution in [2.45, 2.75) is 18.3 Å². The second-order valence-corrected chi connectivity index (χ2v) is 3.64. The van der Waals surface area contributed by atoms with Crippen molar-refractivity contribution in [2.24, 2.45) is 5.90 Å². The lowest BCUT2D eigenvalue weighted by atomic mass is 9.97. The second-order valence-electron chi connectivity index (χ2n) is 3.64. The Labute approximate surface area is 77.1 Å². The molecule has 1 aliphatic carbocycles. The number of phenolic OH excluding ortho intramolecular Hbond substituents is 1. The predicted octanol–water partition coefficient (Wildman–Crippen LogP) is 1.31. The molecule has 0 bridgehead atoms. The molecule has 1 aliphatic rings. The Morgan fingerprint density at radius 2 is 2.23 bits per heavy atom. The monoisotopic (exact) mass is 179 g/mol. The molecule has 3 N–H and O–H groups in total. The highest BCUT2D eigenvalue weighted by Gasteiger charge is 2.44. The van der Waals surface area contributed by atoms with Crippen molar-refractivity contribution in [3.63, 3.8) is 0 Å². The molecule has 1 fully saturated rings. The highest BCUT2D eigenvalue weighted by molar-refractivity contribution is 5.36. The van der Waals surface area contributed by atoms with Crippen LogP contribution in [0, 0.1) is 0 Å². The number of hydrogen-bond donors (Lipinski definition) is 2. The maximum Gasteiger partial charge on any atom is 0.115 e. The van der Waals surface area contributed by atoms with E-state index < -0.39 is 0 Å². The smallest absolute Gasteiger partial charge is 0.115 e. The molecule has 1 aromatic carbocycles. The Balaban J connectivity index is 2.25. The van der Waals surface area contributed by atoms with Crippen LogP contribution in [0.2, 0.25) is 0 Å². The Bertz CT molecular complexity index is 308. The lowest BCUT2D eigenvalue weighted by molar-refractivity contribution is 0.116. The molecule has 13 heavy (non-hydrogen) atoms. The summed E-state index contributed by atoms with van der Waals surface area (Å²) in [5.74, 6) is 5.37. The third-order valence-electron chi connectivity index (χ3n) is 2.67. The summed E-state index contributed by atoms with van der Waals surface area (Å²) in [4.78, 5) is 4.68. The van der Waals surface area contributed by atoms with Crippen LogP contribution in [0.15, 0.2) is 24.3 Å². The highest BCUT2D eigenvalue weighted by Crippen LogP contribution is 2.48. The van der Waals surface area contributed by atoms with Crippen LogP contribution < -0.4 is 5.90 Å². The summed E-state index contributed by atoms with van der Waals surface area (Å²) in [6.45, 7) is 0.538. The molecule has 1 aromatic rings. The Kier molecular flexibility index (Phi) is 1.98.